The fourth-order valence-corrected chi connectivity index (χ4v) is 15.6. The Morgan fingerprint density at radius 1 is 0.450 bits per heavy atom. The highest BCUT2D eigenvalue weighted by molar-refractivity contribution is 9.29. The Morgan fingerprint density at radius 3 is 0.850 bits per heavy atom. The Labute approximate surface area is 289 Å². The van der Waals surface area contributed by atoms with E-state index in [2.05, 4.69) is 47.3 Å². The average Bonchev–Trinajstić information content (AvgIpc) is 2.91. The SMILES string of the molecule is CC1CN2COC(=S)SSSSC(=S)OCN3CC(C)N(COC(=S)SSSSC(=S)OCN1CC2C)CC3C. The molecular weight excluding hydrogens is 745 g/mol. The number of ether oxygens (including phenoxy) is 4. The molecule has 8 nitrogen and oxygen atoms in total. The molecule has 0 aromatic rings. The standard InChI is InChI=1S/C20H32N4O4S12/c1-13-5-22-10-26-18(30)34-38-40-36-20(32)28-12-24-8-15(3)23(7-16(24)4)11-27-19(31)35-39-37-33-17(29)25-9-21(13)6-14(22)2/h13-16H,5-12H2,1-4H3. The average molecular weight is 777 g/mol. The molecule has 0 aromatic heterocycles. The van der Waals surface area contributed by atoms with Gasteiger partial charge in [-0.1, -0.05) is 0 Å². The van der Waals surface area contributed by atoms with E-state index in [0.717, 1.165) is 26.2 Å². The van der Waals surface area contributed by atoms with E-state index in [9.17, 15) is 0 Å². The van der Waals surface area contributed by atoms with Crippen LogP contribution in [0.15, 0.2) is 0 Å². The van der Waals surface area contributed by atoms with Gasteiger partial charge in [0.15, 0.2) is 0 Å². The van der Waals surface area contributed by atoms with Crippen molar-refractivity contribution < 1.29 is 18.9 Å². The third kappa shape index (κ3) is 13.3. The van der Waals surface area contributed by atoms with Gasteiger partial charge in [0.05, 0.1) is 0 Å². The van der Waals surface area contributed by atoms with Gasteiger partial charge in [-0.25, -0.2) is 0 Å². The molecule has 6 rings (SSSR count). The smallest absolute Gasteiger partial charge is 0.233 e. The first-order chi connectivity index (χ1) is 19.1. The summed E-state index contributed by atoms with van der Waals surface area (Å²) in [6, 6.07) is 1.18. The van der Waals surface area contributed by atoms with Crippen molar-refractivity contribution in [3.8, 4) is 0 Å². The van der Waals surface area contributed by atoms with Crippen molar-refractivity contribution in [2.45, 2.75) is 51.9 Å². The minimum Gasteiger partial charge on any atom is -0.462 e. The van der Waals surface area contributed by atoms with Gasteiger partial charge >= 0.3 is 0 Å². The summed E-state index contributed by atoms with van der Waals surface area (Å²) in [5, 5.41) is 0. The molecular formula is C20H32N4O4S12. The van der Waals surface area contributed by atoms with Crippen molar-refractivity contribution in [3.05, 3.63) is 0 Å². The summed E-state index contributed by atoms with van der Waals surface area (Å²) >= 11 is 21.7. The van der Waals surface area contributed by atoms with Gasteiger partial charge in [-0.2, -0.15) is 0 Å². The number of rotatable bonds is 0. The maximum atomic E-state index is 5.88. The summed E-state index contributed by atoms with van der Waals surface area (Å²) in [5.41, 5.74) is 0. The van der Waals surface area contributed by atoms with E-state index < -0.39 is 0 Å². The molecule has 0 spiro atoms. The van der Waals surface area contributed by atoms with Crippen molar-refractivity contribution in [1.29, 1.82) is 0 Å². The lowest BCUT2D eigenvalue weighted by atomic mass is 10.1. The molecule has 4 bridgehead atoms. The minimum absolute atomic E-state index is 0.295. The number of hydrogen-bond acceptors (Lipinski definition) is 20. The number of piperazine rings is 2. The molecule has 20 heteroatoms. The number of hydrogen-bond donors (Lipinski definition) is 0. The van der Waals surface area contributed by atoms with Crippen LogP contribution in [-0.2, 0) is 18.9 Å². The summed E-state index contributed by atoms with van der Waals surface area (Å²) < 4.78 is 25.5. The summed E-state index contributed by atoms with van der Waals surface area (Å²) in [4.78, 5) is 9.17. The highest BCUT2D eigenvalue weighted by Crippen LogP contribution is 2.45. The summed E-state index contributed by atoms with van der Waals surface area (Å²) in [5.74, 6) is 0. The molecule has 6 heterocycles. The summed E-state index contributed by atoms with van der Waals surface area (Å²) in [7, 11) is 11.8. The highest BCUT2D eigenvalue weighted by Gasteiger charge is 2.31. The van der Waals surface area contributed by atoms with Crippen LogP contribution in [0.25, 0.3) is 0 Å². The van der Waals surface area contributed by atoms with Gasteiger partial charge in [0.25, 0.3) is 0 Å². The van der Waals surface area contributed by atoms with E-state index in [1.807, 2.05) is 0 Å². The quantitative estimate of drug-likeness (QED) is 0.184. The Balaban J connectivity index is 1.52. The number of thiocarbonyl (C=S) groups is 4. The van der Waals surface area contributed by atoms with Crippen LogP contribution in [0.5, 0.6) is 0 Å². The number of nitrogens with zero attached hydrogens (tertiary/aromatic N) is 4. The van der Waals surface area contributed by atoms with Crippen molar-refractivity contribution in [2.75, 3.05) is 53.1 Å². The maximum absolute atomic E-state index is 5.88. The van der Waals surface area contributed by atoms with Gasteiger partial charge in [0, 0.05) is 93.5 Å². The summed E-state index contributed by atoms with van der Waals surface area (Å²) in [6.07, 6.45) is 0. The molecule has 6 aliphatic heterocycles. The van der Waals surface area contributed by atoms with Gasteiger partial charge in [-0.3, -0.25) is 19.6 Å². The molecule has 0 amide bonds. The molecule has 0 aliphatic carbocycles. The van der Waals surface area contributed by atoms with Crippen LogP contribution in [0.2, 0.25) is 0 Å². The summed E-state index contributed by atoms with van der Waals surface area (Å²) in [6.45, 7) is 14.0. The fraction of sp³-hybridized carbons (Fsp3) is 0.800. The largest absolute Gasteiger partial charge is 0.462 e. The predicted octanol–water partition coefficient (Wildman–Crippen LogP) is 7.18. The second kappa shape index (κ2) is 19.7. The normalized spacial score (nSPS) is 36.9. The van der Waals surface area contributed by atoms with Gasteiger partial charge in [0.2, 0.25) is 17.5 Å². The molecule has 0 radical (unpaired) electrons. The van der Waals surface area contributed by atoms with Crippen LogP contribution in [0.1, 0.15) is 27.7 Å². The molecule has 6 saturated heterocycles. The van der Waals surface area contributed by atoms with Gasteiger partial charge in [0.1, 0.15) is 26.9 Å². The fourth-order valence-electron chi connectivity index (χ4n) is 4.06. The Kier molecular flexibility index (Phi) is 18.0. The Bertz CT molecular complexity index is 743. The van der Waals surface area contributed by atoms with Crippen molar-refractivity contribution >= 4 is 149 Å². The topological polar surface area (TPSA) is 49.9 Å². The third-order valence-electron chi connectivity index (χ3n) is 6.35. The monoisotopic (exact) mass is 776 g/mol. The van der Waals surface area contributed by atoms with Crippen LogP contribution in [0.4, 0.5) is 0 Å². The van der Waals surface area contributed by atoms with Crippen molar-refractivity contribution in [2.24, 2.45) is 0 Å². The minimum atomic E-state index is 0.295. The Hall–Kier alpha value is 2.20. The van der Waals surface area contributed by atoms with Crippen LogP contribution in [0.3, 0.4) is 0 Å². The first-order valence-electron chi connectivity index (χ1n) is 12.1. The predicted molar refractivity (Wildman–Crippen MR) is 200 cm³/mol. The zero-order chi connectivity index (χ0) is 29.1. The van der Waals surface area contributed by atoms with E-state index in [0.29, 0.717) is 68.6 Å². The van der Waals surface area contributed by atoms with E-state index in [1.165, 1.54) is 82.5 Å². The van der Waals surface area contributed by atoms with Crippen LogP contribution >= 0.6 is 131 Å². The van der Waals surface area contributed by atoms with E-state index in [4.69, 9.17) is 67.8 Å². The van der Waals surface area contributed by atoms with Gasteiger partial charge < -0.3 is 18.9 Å². The van der Waals surface area contributed by atoms with E-state index in [1.54, 1.807) is 0 Å². The lowest BCUT2D eigenvalue weighted by molar-refractivity contribution is -0.0309. The Morgan fingerprint density at radius 2 is 0.650 bits per heavy atom. The van der Waals surface area contributed by atoms with Crippen LogP contribution in [-0.4, -0.2) is 114 Å². The molecule has 0 N–H and O–H groups in total. The zero-order valence-corrected chi connectivity index (χ0v) is 32.1. The second-order valence-electron chi connectivity index (χ2n) is 9.18. The third-order valence-corrected chi connectivity index (χ3v) is 19.9. The molecule has 8 unspecified atom stereocenters. The van der Waals surface area contributed by atoms with E-state index >= 15 is 0 Å². The highest BCUT2D eigenvalue weighted by atomic mass is 33.7. The van der Waals surface area contributed by atoms with Crippen LogP contribution in [0, 0.1) is 0 Å². The van der Waals surface area contributed by atoms with Gasteiger partial charge in [-0.05, 0) is 116 Å². The first kappa shape index (κ1) is 36.7. The zero-order valence-electron chi connectivity index (χ0n) is 22.3. The molecule has 0 saturated carbocycles. The lowest BCUT2D eigenvalue weighted by Gasteiger charge is -2.43. The molecule has 6 aliphatic rings. The lowest BCUT2D eigenvalue weighted by Crippen LogP contribution is -2.57. The van der Waals surface area contributed by atoms with E-state index in [-0.39, 0.29) is 0 Å². The molecule has 8 atom stereocenters. The van der Waals surface area contributed by atoms with Gasteiger partial charge in [-0.15, -0.1) is 0 Å². The molecule has 6 fully saturated rings. The molecule has 40 heavy (non-hydrogen) atoms. The van der Waals surface area contributed by atoms with Crippen molar-refractivity contribution in [3.63, 3.8) is 0 Å². The van der Waals surface area contributed by atoms with Crippen LogP contribution < -0.4 is 0 Å². The molecule has 0 aromatic carbocycles. The van der Waals surface area contributed by atoms with Crippen molar-refractivity contribution in [1.82, 2.24) is 19.6 Å². The second-order valence-corrected chi connectivity index (χ2v) is 22.9. The molecule has 228 valence electrons. The maximum Gasteiger partial charge on any atom is 0.233 e. The first-order valence-corrected chi connectivity index (χ1v) is 23.4.